The number of nitrogens with one attached hydrogen (secondary N) is 1. The van der Waals surface area contributed by atoms with Crippen molar-refractivity contribution < 1.29 is 9.90 Å². The number of thiazole rings is 1. The highest BCUT2D eigenvalue weighted by Crippen LogP contribution is 2.23. The Morgan fingerprint density at radius 3 is 3.22 bits per heavy atom. The molecule has 0 radical (unpaired) electrons. The molecule has 2 N–H and O–H groups in total. The summed E-state index contributed by atoms with van der Waals surface area (Å²) in [7, 11) is 0. The highest BCUT2D eigenvalue weighted by atomic mass is 32.1. The molecule has 1 atom stereocenters. The fourth-order valence-electron chi connectivity index (χ4n) is 2.30. The van der Waals surface area contributed by atoms with E-state index in [-0.39, 0.29) is 18.7 Å². The molecule has 1 fully saturated rings. The van der Waals surface area contributed by atoms with Crippen molar-refractivity contribution in [3.05, 3.63) is 11.1 Å². The molecule has 1 aromatic heterocycles. The fraction of sp³-hybridized carbons (Fsp3) is 0.667. The van der Waals surface area contributed by atoms with Gasteiger partial charge in [-0.1, -0.05) is 0 Å². The smallest absolute Gasteiger partial charge is 0.323 e. The highest BCUT2D eigenvalue weighted by Gasteiger charge is 2.28. The van der Waals surface area contributed by atoms with Crippen molar-refractivity contribution in [1.29, 1.82) is 0 Å². The van der Waals surface area contributed by atoms with Gasteiger partial charge in [-0.05, 0) is 32.6 Å². The van der Waals surface area contributed by atoms with E-state index < -0.39 is 0 Å². The van der Waals surface area contributed by atoms with Crippen molar-refractivity contribution in [2.45, 2.75) is 38.6 Å². The van der Waals surface area contributed by atoms with Crippen LogP contribution in [0.3, 0.4) is 0 Å². The van der Waals surface area contributed by atoms with Gasteiger partial charge in [-0.15, -0.1) is 11.3 Å². The Kier molecular flexibility index (Phi) is 4.54. The lowest BCUT2D eigenvalue weighted by atomic mass is 10.1. The summed E-state index contributed by atoms with van der Waals surface area (Å²) in [5, 5.41) is 14.3. The summed E-state index contributed by atoms with van der Waals surface area (Å²) in [6.45, 7) is 2.90. The zero-order chi connectivity index (χ0) is 13.0. The largest absolute Gasteiger partial charge is 0.396 e. The predicted molar refractivity (Wildman–Crippen MR) is 71.9 cm³/mol. The molecule has 5 nitrogen and oxygen atoms in total. The fourth-order valence-corrected chi connectivity index (χ4v) is 2.98. The van der Waals surface area contributed by atoms with E-state index in [1.54, 1.807) is 0 Å². The number of likely N-dealkylation sites (tertiary alicyclic amines) is 1. The molecule has 2 heterocycles. The standard InChI is InChI=1S/C12H19N3O2S/c1-9-8-18-11(13-9)14-12(17)15-6-2-4-10(15)5-3-7-16/h8,10,16H,2-7H2,1H3,(H,13,14,17). The summed E-state index contributed by atoms with van der Waals surface area (Å²) in [6, 6.07) is 0.197. The number of aryl methyl sites for hydroxylation is 1. The molecule has 1 unspecified atom stereocenters. The zero-order valence-corrected chi connectivity index (χ0v) is 11.4. The van der Waals surface area contributed by atoms with E-state index in [4.69, 9.17) is 5.11 Å². The van der Waals surface area contributed by atoms with Crippen molar-refractivity contribution in [3.63, 3.8) is 0 Å². The second kappa shape index (κ2) is 6.15. The van der Waals surface area contributed by atoms with Crippen LogP contribution in [0.25, 0.3) is 0 Å². The summed E-state index contributed by atoms with van der Waals surface area (Å²) in [5.74, 6) is 0. The van der Waals surface area contributed by atoms with Crippen molar-refractivity contribution in [2.75, 3.05) is 18.5 Å². The van der Waals surface area contributed by atoms with Gasteiger partial charge in [0.15, 0.2) is 5.13 Å². The summed E-state index contributed by atoms with van der Waals surface area (Å²) in [5.41, 5.74) is 0.925. The Balaban J connectivity index is 1.91. The van der Waals surface area contributed by atoms with Crippen LogP contribution in [-0.2, 0) is 0 Å². The van der Waals surface area contributed by atoms with Crippen LogP contribution < -0.4 is 5.32 Å². The van der Waals surface area contributed by atoms with Gasteiger partial charge >= 0.3 is 6.03 Å². The Labute approximate surface area is 111 Å². The molecule has 100 valence electrons. The van der Waals surface area contributed by atoms with Crippen molar-refractivity contribution in [3.8, 4) is 0 Å². The van der Waals surface area contributed by atoms with E-state index in [9.17, 15) is 4.79 Å². The lowest BCUT2D eigenvalue weighted by Gasteiger charge is -2.24. The number of hydrogen-bond donors (Lipinski definition) is 2. The highest BCUT2D eigenvalue weighted by molar-refractivity contribution is 7.13. The number of aliphatic hydroxyl groups excluding tert-OH is 1. The first-order valence-electron chi connectivity index (χ1n) is 6.31. The number of hydrogen-bond acceptors (Lipinski definition) is 4. The molecule has 0 spiro atoms. The van der Waals surface area contributed by atoms with Crippen LogP contribution in [0, 0.1) is 6.92 Å². The number of anilines is 1. The predicted octanol–water partition coefficient (Wildman–Crippen LogP) is 2.22. The van der Waals surface area contributed by atoms with Crippen LogP contribution in [0.5, 0.6) is 0 Å². The van der Waals surface area contributed by atoms with Crippen LogP contribution in [0.1, 0.15) is 31.4 Å². The van der Waals surface area contributed by atoms with Gasteiger partial charge in [0, 0.05) is 24.6 Å². The molecule has 0 aromatic carbocycles. The molecule has 0 aliphatic carbocycles. The van der Waals surface area contributed by atoms with E-state index in [0.29, 0.717) is 5.13 Å². The molecule has 2 rings (SSSR count). The monoisotopic (exact) mass is 269 g/mol. The minimum absolute atomic E-state index is 0.0650. The van der Waals surface area contributed by atoms with Gasteiger partial charge in [0.2, 0.25) is 0 Å². The summed E-state index contributed by atoms with van der Waals surface area (Å²) in [6.07, 6.45) is 3.70. The molecule has 1 aliphatic rings. The van der Waals surface area contributed by atoms with E-state index in [0.717, 1.165) is 37.9 Å². The molecule has 1 aliphatic heterocycles. The summed E-state index contributed by atoms with van der Waals surface area (Å²) in [4.78, 5) is 18.2. The third-order valence-electron chi connectivity index (χ3n) is 3.17. The van der Waals surface area contributed by atoms with Gasteiger partial charge < -0.3 is 10.0 Å². The van der Waals surface area contributed by atoms with Gasteiger partial charge in [0.05, 0.1) is 5.69 Å². The molecular formula is C12H19N3O2S. The molecule has 2 amide bonds. The molecule has 0 bridgehead atoms. The number of rotatable bonds is 4. The Hall–Kier alpha value is -1.14. The average Bonchev–Trinajstić information content (AvgIpc) is 2.95. The van der Waals surface area contributed by atoms with Crippen LogP contribution in [0.15, 0.2) is 5.38 Å². The van der Waals surface area contributed by atoms with Crippen LogP contribution >= 0.6 is 11.3 Å². The Morgan fingerprint density at radius 1 is 1.72 bits per heavy atom. The van der Waals surface area contributed by atoms with E-state index in [1.807, 2.05) is 17.2 Å². The number of urea groups is 1. The minimum Gasteiger partial charge on any atom is -0.396 e. The van der Waals surface area contributed by atoms with Crippen molar-refractivity contribution in [2.24, 2.45) is 0 Å². The first kappa shape index (κ1) is 13.3. The summed E-state index contributed by atoms with van der Waals surface area (Å²) < 4.78 is 0. The topological polar surface area (TPSA) is 65.5 Å². The molecule has 6 heteroatoms. The number of carbonyl (C=O) groups excluding carboxylic acids is 1. The molecule has 1 aromatic rings. The second-order valence-electron chi connectivity index (χ2n) is 4.58. The molecule has 1 saturated heterocycles. The number of carbonyl (C=O) groups is 1. The Bertz CT molecular complexity index is 408. The SMILES string of the molecule is Cc1csc(NC(=O)N2CCCC2CCCO)n1. The van der Waals surface area contributed by atoms with E-state index >= 15 is 0 Å². The van der Waals surface area contributed by atoms with Gasteiger partial charge in [0.1, 0.15) is 0 Å². The number of amides is 2. The maximum absolute atomic E-state index is 12.1. The van der Waals surface area contributed by atoms with Gasteiger partial charge in [0.25, 0.3) is 0 Å². The minimum atomic E-state index is -0.0650. The average molecular weight is 269 g/mol. The number of aliphatic hydroxyl groups is 1. The van der Waals surface area contributed by atoms with Crippen LogP contribution in [-0.4, -0.2) is 40.2 Å². The summed E-state index contributed by atoms with van der Waals surface area (Å²) >= 11 is 1.45. The molecular weight excluding hydrogens is 250 g/mol. The lowest BCUT2D eigenvalue weighted by molar-refractivity contribution is 0.197. The van der Waals surface area contributed by atoms with Gasteiger partial charge in [-0.25, -0.2) is 9.78 Å². The quantitative estimate of drug-likeness (QED) is 0.881. The molecule has 18 heavy (non-hydrogen) atoms. The number of aromatic nitrogens is 1. The zero-order valence-electron chi connectivity index (χ0n) is 10.6. The first-order chi connectivity index (χ1) is 8.70. The van der Waals surface area contributed by atoms with E-state index in [1.165, 1.54) is 11.3 Å². The van der Waals surface area contributed by atoms with Gasteiger partial charge in [-0.2, -0.15) is 0 Å². The normalized spacial score (nSPS) is 19.2. The number of nitrogens with zero attached hydrogens (tertiary/aromatic N) is 2. The van der Waals surface area contributed by atoms with Crippen molar-refractivity contribution >= 4 is 22.5 Å². The van der Waals surface area contributed by atoms with Crippen LogP contribution in [0.4, 0.5) is 9.93 Å². The van der Waals surface area contributed by atoms with Crippen molar-refractivity contribution in [1.82, 2.24) is 9.88 Å². The van der Waals surface area contributed by atoms with E-state index in [2.05, 4.69) is 10.3 Å². The molecule has 0 saturated carbocycles. The first-order valence-corrected chi connectivity index (χ1v) is 7.19. The van der Waals surface area contributed by atoms with Gasteiger partial charge in [-0.3, -0.25) is 5.32 Å². The second-order valence-corrected chi connectivity index (χ2v) is 5.44. The lowest BCUT2D eigenvalue weighted by Crippen LogP contribution is -2.38. The third kappa shape index (κ3) is 3.20. The maximum Gasteiger partial charge on any atom is 0.323 e. The maximum atomic E-state index is 12.1. The third-order valence-corrected chi connectivity index (χ3v) is 4.04. The Morgan fingerprint density at radius 2 is 2.56 bits per heavy atom. The van der Waals surface area contributed by atoms with Crippen LogP contribution in [0.2, 0.25) is 0 Å².